The number of aromatic carboxylic acids is 1. The van der Waals surface area contributed by atoms with Crippen molar-refractivity contribution in [3.05, 3.63) is 45.6 Å². The summed E-state index contributed by atoms with van der Waals surface area (Å²) >= 11 is 0. The van der Waals surface area contributed by atoms with E-state index in [2.05, 4.69) is 9.40 Å². The molecule has 21 heavy (non-hydrogen) atoms. The first-order valence-electron chi connectivity index (χ1n) is 5.27. The van der Waals surface area contributed by atoms with Gasteiger partial charge in [-0.15, -0.1) is 0 Å². The van der Waals surface area contributed by atoms with Gasteiger partial charge in [-0.3, -0.25) is 10.1 Å². The summed E-state index contributed by atoms with van der Waals surface area (Å²) < 4.78 is 43.2. The Hall–Kier alpha value is -2.91. The fourth-order valence-corrected chi connectivity index (χ4v) is 1.56. The number of nitrogens with zero attached hydrogens (tertiary/aromatic N) is 2. The zero-order valence-electron chi connectivity index (χ0n) is 9.92. The van der Waals surface area contributed by atoms with E-state index in [1.165, 1.54) is 0 Å². The molecule has 0 spiro atoms. The van der Waals surface area contributed by atoms with E-state index in [4.69, 9.17) is 5.11 Å². The fourth-order valence-electron chi connectivity index (χ4n) is 1.56. The van der Waals surface area contributed by atoms with Crippen LogP contribution >= 0.6 is 0 Å². The summed E-state index contributed by atoms with van der Waals surface area (Å²) in [6.07, 6.45) is -3.22. The number of benzene rings is 1. The first-order chi connectivity index (χ1) is 9.79. The molecule has 1 aromatic carbocycles. The van der Waals surface area contributed by atoms with Gasteiger partial charge in [-0.25, -0.2) is 22.9 Å². The van der Waals surface area contributed by atoms with Gasteiger partial charge in [-0.1, -0.05) is 0 Å². The van der Waals surface area contributed by atoms with Crippen LogP contribution in [0, 0.1) is 15.9 Å². The van der Waals surface area contributed by atoms with Crippen molar-refractivity contribution in [2.45, 2.75) is 6.43 Å². The lowest BCUT2D eigenvalue weighted by atomic mass is 10.2. The van der Waals surface area contributed by atoms with Gasteiger partial charge in [-0.2, -0.15) is 0 Å². The zero-order valence-corrected chi connectivity index (χ0v) is 9.92. The third-order valence-electron chi connectivity index (χ3n) is 2.39. The minimum absolute atomic E-state index is 0.323. The molecule has 10 heteroatoms. The fraction of sp³-hybridized carbons (Fsp3) is 0.0909. The van der Waals surface area contributed by atoms with Crippen molar-refractivity contribution < 1.29 is 32.4 Å². The monoisotopic (exact) mass is 302 g/mol. The van der Waals surface area contributed by atoms with E-state index in [0.717, 1.165) is 12.1 Å². The largest absolute Gasteiger partial charge is 0.475 e. The molecule has 0 bridgehead atoms. The number of halogens is 3. The predicted molar refractivity (Wildman–Crippen MR) is 60.5 cm³/mol. The van der Waals surface area contributed by atoms with Crippen molar-refractivity contribution in [2.75, 3.05) is 0 Å². The molecule has 0 unspecified atom stereocenters. The molecule has 2 rings (SSSR count). The molecular formula is C11H5F3N2O5. The molecule has 1 N–H and O–H groups in total. The Morgan fingerprint density at radius 2 is 2.05 bits per heavy atom. The molecule has 1 heterocycles. The lowest BCUT2D eigenvalue weighted by molar-refractivity contribution is -0.385. The predicted octanol–water partition coefficient (Wildman–Crippen LogP) is 3.02. The molecule has 0 aliphatic carbocycles. The molecule has 1 aromatic heterocycles. The summed E-state index contributed by atoms with van der Waals surface area (Å²) in [5.41, 5.74) is -2.11. The van der Waals surface area contributed by atoms with Gasteiger partial charge in [0.2, 0.25) is 11.7 Å². The Morgan fingerprint density at radius 3 is 2.52 bits per heavy atom. The van der Waals surface area contributed by atoms with Gasteiger partial charge < -0.3 is 9.52 Å². The summed E-state index contributed by atoms with van der Waals surface area (Å²) in [6, 6.07) is 2.19. The number of hydrogen-bond acceptors (Lipinski definition) is 5. The van der Waals surface area contributed by atoms with Crippen LogP contribution in [-0.4, -0.2) is 21.0 Å². The van der Waals surface area contributed by atoms with Crippen molar-refractivity contribution in [2.24, 2.45) is 0 Å². The molecule has 7 nitrogen and oxygen atoms in total. The van der Waals surface area contributed by atoms with Gasteiger partial charge in [0.15, 0.2) is 5.69 Å². The Balaban J connectivity index is 2.59. The molecule has 0 amide bonds. The maximum atomic E-state index is 13.3. The maximum absolute atomic E-state index is 13.3. The summed E-state index contributed by atoms with van der Waals surface area (Å²) in [4.78, 5) is 23.7. The van der Waals surface area contributed by atoms with Crippen LogP contribution in [-0.2, 0) is 0 Å². The number of nitro benzene ring substituents is 1. The van der Waals surface area contributed by atoms with E-state index in [1.807, 2.05) is 0 Å². The standard InChI is InChI=1S/C11H5F3N2O5/c12-5-1-4(2-6(3-5)16(19)20)10-15-7(9(13)14)8(21-10)11(17)18/h1-3,9H,(H,17,18). The van der Waals surface area contributed by atoms with E-state index in [9.17, 15) is 28.1 Å². The van der Waals surface area contributed by atoms with Gasteiger partial charge in [0, 0.05) is 11.6 Å². The second kappa shape index (κ2) is 5.23. The average Bonchev–Trinajstić information content (AvgIpc) is 2.83. The van der Waals surface area contributed by atoms with Gasteiger partial charge in [-0.05, 0) is 6.07 Å². The average molecular weight is 302 g/mol. The number of rotatable bonds is 4. The van der Waals surface area contributed by atoms with Gasteiger partial charge in [0.05, 0.1) is 11.0 Å². The van der Waals surface area contributed by atoms with Crippen LogP contribution in [0.5, 0.6) is 0 Å². The number of non-ortho nitro benzene ring substituents is 1. The number of carboxylic acid groups (broad SMARTS) is 1. The van der Waals surface area contributed by atoms with Crippen molar-refractivity contribution in [3.8, 4) is 11.5 Å². The summed E-state index contributed by atoms with van der Waals surface area (Å²) in [5, 5.41) is 19.3. The van der Waals surface area contributed by atoms with Crippen LogP contribution in [0.1, 0.15) is 22.7 Å². The Bertz CT molecular complexity index is 729. The SMILES string of the molecule is O=C(O)c1oc(-c2cc(F)cc([N+](=O)[O-])c2)nc1C(F)F. The van der Waals surface area contributed by atoms with Gasteiger partial charge in [0.1, 0.15) is 5.82 Å². The second-order valence-corrected chi connectivity index (χ2v) is 3.79. The quantitative estimate of drug-likeness (QED) is 0.687. The lowest BCUT2D eigenvalue weighted by Gasteiger charge is -1.97. The van der Waals surface area contributed by atoms with E-state index < -0.39 is 46.2 Å². The highest BCUT2D eigenvalue weighted by atomic mass is 19.3. The first-order valence-corrected chi connectivity index (χ1v) is 5.27. The van der Waals surface area contributed by atoms with Crippen LogP contribution in [0.15, 0.2) is 22.6 Å². The van der Waals surface area contributed by atoms with Crippen LogP contribution in [0.4, 0.5) is 18.9 Å². The summed E-state index contributed by atoms with van der Waals surface area (Å²) in [6.45, 7) is 0. The molecule has 0 saturated carbocycles. The number of carbonyl (C=O) groups is 1. The first kappa shape index (κ1) is 14.5. The van der Waals surface area contributed by atoms with Crippen molar-refractivity contribution in [1.29, 1.82) is 0 Å². The van der Waals surface area contributed by atoms with Gasteiger partial charge in [0.25, 0.3) is 12.1 Å². The molecule has 0 atom stereocenters. The molecule has 0 fully saturated rings. The number of alkyl halides is 2. The number of hydrogen-bond donors (Lipinski definition) is 1. The molecule has 110 valence electrons. The topological polar surface area (TPSA) is 106 Å². The summed E-state index contributed by atoms with van der Waals surface area (Å²) in [7, 11) is 0. The van der Waals surface area contributed by atoms with Crippen molar-refractivity contribution in [3.63, 3.8) is 0 Å². The van der Waals surface area contributed by atoms with Crippen LogP contribution in [0.3, 0.4) is 0 Å². The maximum Gasteiger partial charge on any atom is 0.374 e. The molecule has 0 aliphatic heterocycles. The van der Waals surface area contributed by atoms with Gasteiger partial charge >= 0.3 is 5.97 Å². The highest BCUT2D eigenvalue weighted by Gasteiger charge is 2.27. The lowest BCUT2D eigenvalue weighted by Crippen LogP contribution is -1.99. The zero-order chi connectivity index (χ0) is 15.7. The van der Waals surface area contributed by atoms with Crippen LogP contribution < -0.4 is 0 Å². The number of aromatic nitrogens is 1. The third-order valence-corrected chi connectivity index (χ3v) is 2.39. The van der Waals surface area contributed by atoms with Crippen molar-refractivity contribution in [1.82, 2.24) is 4.98 Å². The summed E-state index contributed by atoms with van der Waals surface area (Å²) in [5.74, 6) is -4.56. The molecule has 0 aliphatic rings. The second-order valence-electron chi connectivity index (χ2n) is 3.79. The van der Waals surface area contributed by atoms with Crippen molar-refractivity contribution >= 4 is 11.7 Å². The van der Waals surface area contributed by atoms with E-state index in [0.29, 0.717) is 6.07 Å². The minimum atomic E-state index is -3.22. The van der Waals surface area contributed by atoms with Crippen LogP contribution in [0.2, 0.25) is 0 Å². The molecule has 0 radical (unpaired) electrons. The van der Waals surface area contributed by atoms with E-state index in [1.54, 1.807) is 0 Å². The van der Waals surface area contributed by atoms with Crippen LogP contribution in [0.25, 0.3) is 11.5 Å². The third kappa shape index (κ3) is 2.83. The highest BCUT2D eigenvalue weighted by Crippen LogP contribution is 2.30. The Labute approximate surface area is 113 Å². The number of oxazole rings is 1. The molecule has 0 saturated heterocycles. The normalized spacial score (nSPS) is 10.9. The highest BCUT2D eigenvalue weighted by molar-refractivity contribution is 5.86. The molecular weight excluding hydrogens is 297 g/mol. The molecule has 2 aromatic rings. The number of nitro groups is 1. The Morgan fingerprint density at radius 1 is 1.38 bits per heavy atom. The number of carboxylic acids is 1. The van der Waals surface area contributed by atoms with E-state index >= 15 is 0 Å². The minimum Gasteiger partial charge on any atom is -0.475 e. The smallest absolute Gasteiger partial charge is 0.374 e. The van der Waals surface area contributed by atoms with E-state index in [-0.39, 0.29) is 5.56 Å². The Kier molecular flexibility index (Phi) is 3.61.